The number of carbonyl (C=O) groups is 2. The van der Waals surface area contributed by atoms with Gasteiger partial charge in [0.25, 0.3) is 0 Å². The van der Waals surface area contributed by atoms with Crippen molar-refractivity contribution in [2.24, 2.45) is 0 Å². The minimum Gasteiger partial charge on any atom is -0.497 e. The van der Waals surface area contributed by atoms with E-state index in [-0.39, 0.29) is 24.3 Å². The molecule has 0 aliphatic heterocycles. The summed E-state index contributed by atoms with van der Waals surface area (Å²) in [6.45, 7) is 8.33. The van der Waals surface area contributed by atoms with Crippen molar-refractivity contribution in [3.05, 3.63) is 65.2 Å². The van der Waals surface area contributed by atoms with Crippen molar-refractivity contribution in [1.82, 2.24) is 10.2 Å². The first-order chi connectivity index (χ1) is 14.4. The molecule has 0 aliphatic carbocycles. The first-order valence-corrected chi connectivity index (χ1v) is 10.7. The third kappa shape index (κ3) is 6.61. The summed E-state index contributed by atoms with van der Waals surface area (Å²) in [5, 5.41) is 3.04. The van der Waals surface area contributed by atoms with Crippen LogP contribution in [-0.4, -0.2) is 35.9 Å². The molecule has 0 aliphatic rings. The Labute approximate surface area is 180 Å². The number of ether oxygens (including phenoxy) is 1. The molecular weight excluding hydrogens is 376 g/mol. The summed E-state index contributed by atoms with van der Waals surface area (Å²) in [5.74, 6) is 0.565. The van der Waals surface area contributed by atoms with Crippen molar-refractivity contribution in [2.45, 2.75) is 65.6 Å². The lowest BCUT2D eigenvalue weighted by Crippen LogP contribution is -2.51. The fourth-order valence-electron chi connectivity index (χ4n) is 3.31. The second-order valence-electron chi connectivity index (χ2n) is 7.78. The summed E-state index contributed by atoms with van der Waals surface area (Å²) >= 11 is 0. The molecule has 162 valence electrons. The van der Waals surface area contributed by atoms with Crippen LogP contribution in [0.1, 0.15) is 50.3 Å². The van der Waals surface area contributed by atoms with Gasteiger partial charge in [-0.3, -0.25) is 9.59 Å². The number of nitrogens with one attached hydrogen (secondary N) is 1. The molecule has 0 radical (unpaired) electrons. The number of hydrogen-bond acceptors (Lipinski definition) is 3. The number of hydrogen-bond donors (Lipinski definition) is 1. The zero-order valence-electron chi connectivity index (χ0n) is 18.8. The van der Waals surface area contributed by atoms with Gasteiger partial charge in [0.2, 0.25) is 11.8 Å². The molecule has 2 atom stereocenters. The smallest absolute Gasteiger partial charge is 0.243 e. The summed E-state index contributed by atoms with van der Waals surface area (Å²) in [6, 6.07) is 15.1. The molecule has 1 N–H and O–H groups in total. The second-order valence-corrected chi connectivity index (χ2v) is 7.78. The van der Waals surface area contributed by atoms with E-state index in [4.69, 9.17) is 4.74 Å². The number of carbonyl (C=O) groups excluding carboxylic acids is 2. The van der Waals surface area contributed by atoms with Crippen LogP contribution in [-0.2, 0) is 22.6 Å². The van der Waals surface area contributed by atoms with Gasteiger partial charge in [0.05, 0.1) is 13.5 Å². The summed E-state index contributed by atoms with van der Waals surface area (Å²) in [4.78, 5) is 28.0. The molecule has 2 rings (SSSR count). The van der Waals surface area contributed by atoms with E-state index in [9.17, 15) is 9.59 Å². The van der Waals surface area contributed by atoms with Crippen LogP contribution in [0.3, 0.4) is 0 Å². The highest BCUT2D eigenvalue weighted by Crippen LogP contribution is 2.18. The highest BCUT2D eigenvalue weighted by atomic mass is 16.5. The van der Waals surface area contributed by atoms with Gasteiger partial charge in [-0.15, -0.1) is 0 Å². The average Bonchev–Trinajstić information content (AvgIpc) is 2.75. The Bertz CT molecular complexity index is 833. The highest BCUT2D eigenvalue weighted by molar-refractivity contribution is 5.88. The number of benzene rings is 2. The fraction of sp³-hybridized carbons (Fsp3) is 0.440. The number of nitrogens with zero attached hydrogens (tertiary/aromatic N) is 1. The molecule has 0 heterocycles. The van der Waals surface area contributed by atoms with Gasteiger partial charge in [0.1, 0.15) is 11.8 Å². The van der Waals surface area contributed by atoms with Crippen LogP contribution in [0.4, 0.5) is 0 Å². The summed E-state index contributed by atoms with van der Waals surface area (Å²) in [6.07, 6.45) is 1.65. The minimum atomic E-state index is -0.525. The number of aryl methyl sites for hydroxylation is 1. The van der Waals surface area contributed by atoms with E-state index in [1.807, 2.05) is 76.2 Å². The van der Waals surface area contributed by atoms with Gasteiger partial charge in [-0.2, -0.15) is 0 Å². The summed E-state index contributed by atoms with van der Waals surface area (Å²) in [7, 11) is 1.62. The lowest BCUT2D eigenvalue weighted by Gasteiger charge is -2.31. The molecule has 0 saturated carbocycles. The van der Waals surface area contributed by atoms with Gasteiger partial charge < -0.3 is 15.0 Å². The molecule has 2 aromatic rings. The average molecular weight is 411 g/mol. The fourth-order valence-corrected chi connectivity index (χ4v) is 3.31. The molecule has 0 fully saturated rings. The van der Waals surface area contributed by atoms with Crippen molar-refractivity contribution >= 4 is 11.8 Å². The molecule has 0 unspecified atom stereocenters. The number of amides is 2. The zero-order chi connectivity index (χ0) is 22.1. The van der Waals surface area contributed by atoms with Crippen LogP contribution < -0.4 is 10.1 Å². The third-order valence-electron chi connectivity index (χ3n) is 5.35. The first-order valence-electron chi connectivity index (χ1n) is 10.7. The standard InChI is InChI=1S/C25H34N2O3/c1-6-19(4)26-25(29)23(7-2)27(17-21-9-8-10-22(15-21)30-5)24(28)16-20-13-11-18(3)12-14-20/h8-15,19,23H,6-7,16-17H2,1-5H3,(H,26,29)/t19-,23+/m0/s1. The lowest BCUT2D eigenvalue weighted by atomic mass is 10.1. The molecule has 5 heteroatoms. The lowest BCUT2D eigenvalue weighted by molar-refractivity contribution is -0.141. The quantitative estimate of drug-likeness (QED) is 0.636. The second kappa shape index (κ2) is 11.4. The molecule has 2 aromatic carbocycles. The maximum Gasteiger partial charge on any atom is 0.243 e. The number of methoxy groups -OCH3 is 1. The van der Waals surface area contributed by atoms with Crippen LogP contribution in [0.2, 0.25) is 0 Å². The maximum absolute atomic E-state index is 13.3. The third-order valence-corrected chi connectivity index (χ3v) is 5.35. The maximum atomic E-state index is 13.3. The predicted molar refractivity (Wildman–Crippen MR) is 120 cm³/mol. The minimum absolute atomic E-state index is 0.0622. The Morgan fingerprint density at radius 3 is 2.33 bits per heavy atom. The van der Waals surface area contributed by atoms with Crippen LogP contribution in [0.25, 0.3) is 0 Å². The Balaban J connectivity index is 2.30. The molecule has 30 heavy (non-hydrogen) atoms. The Hall–Kier alpha value is -2.82. The Kier molecular flexibility index (Phi) is 8.90. The zero-order valence-corrected chi connectivity index (χ0v) is 18.8. The van der Waals surface area contributed by atoms with Gasteiger partial charge in [0, 0.05) is 12.6 Å². The molecule has 2 amide bonds. The van der Waals surface area contributed by atoms with E-state index >= 15 is 0 Å². The predicted octanol–water partition coefficient (Wildman–Crippen LogP) is 4.27. The van der Waals surface area contributed by atoms with Crippen molar-refractivity contribution in [2.75, 3.05) is 7.11 Å². The van der Waals surface area contributed by atoms with Crippen LogP contribution in [0, 0.1) is 6.92 Å². The van der Waals surface area contributed by atoms with Gasteiger partial charge in [-0.1, -0.05) is 55.8 Å². The normalized spacial score (nSPS) is 12.7. The Morgan fingerprint density at radius 2 is 1.73 bits per heavy atom. The first kappa shape index (κ1) is 23.5. The highest BCUT2D eigenvalue weighted by Gasteiger charge is 2.29. The molecule has 0 aromatic heterocycles. The topological polar surface area (TPSA) is 58.6 Å². The van der Waals surface area contributed by atoms with E-state index in [0.29, 0.717) is 13.0 Å². The Morgan fingerprint density at radius 1 is 1.03 bits per heavy atom. The van der Waals surface area contributed by atoms with Gasteiger partial charge in [0.15, 0.2) is 0 Å². The van der Waals surface area contributed by atoms with E-state index in [0.717, 1.165) is 28.9 Å². The van der Waals surface area contributed by atoms with Gasteiger partial charge in [-0.05, 0) is 49.9 Å². The van der Waals surface area contributed by atoms with E-state index in [1.165, 1.54) is 0 Å². The molecule has 0 saturated heterocycles. The van der Waals surface area contributed by atoms with Crippen LogP contribution in [0.15, 0.2) is 48.5 Å². The van der Waals surface area contributed by atoms with Crippen molar-refractivity contribution in [3.8, 4) is 5.75 Å². The van der Waals surface area contributed by atoms with E-state index in [2.05, 4.69) is 5.32 Å². The van der Waals surface area contributed by atoms with E-state index < -0.39 is 6.04 Å². The van der Waals surface area contributed by atoms with Crippen molar-refractivity contribution < 1.29 is 14.3 Å². The van der Waals surface area contributed by atoms with Crippen molar-refractivity contribution in [1.29, 1.82) is 0 Å². The molecule has 0 spiro atoms. The molecular formula is C25H34N2O3. The summed E-state index contributed by atoms with van der Waals surface area (Å²) in [5.41, 5.74) is 3.03. The van der Waals surface area contributed by atoms with Crippen molar-refractivity contribution in [3.63, 3.8) is 0 Å². The van der Waals surface area contributed by atoms with Crippen LogP contribution in [0.5, 0.6) is 5.75 Å². The SMILES string of the molecule is CC[C@H](C(=O)N[C@@H](C)CC)N(Cc1cccc(OC)c1)C(=O)Cc1ccc(C)cc1. The van der Waals surface area contributed by atoms with Gasteiger partial charge in [-0.25, -0.2) is 0 Å². The number of rotatable bonds is 10. The van der Waals surface area contributed by atoms with Gasteiger partial charge >= 0.3 is 0 Å². The van der Waals surface area contributed by atoms with Crippen LogP contribution >= 0.6 is 0 Å². The molecule has 5 nitrogen and oxygen atoms in total. The monoisotopic (exact) mass is 410 g/mol. The summed E-state index contributed by atoms with van der Waals surface area (Å²) < 4.78 is 5.32. The van der Waals surface area contributed by atoms with E-state index in [1.54, 1.807) is 12.0 Å². The largest absolute Gasteiger partial charge is 0.497 e. The molecule has 0 bridgehead atoms.